The highest BCUT2D eigenvalue weighted by molar-refractivity contribution is 5.34. The van der Waals surface area contributed by atoms with Crippen molar-refractivity contribution in [3.8, 4) is 5.75 Å². The van der Waals surface area contributed by atoms with Crippen LogP contribution in [0.25, 0.3) is 0 Å². The van der Waals surface area contributed by atoms with Crippen LogP contribution in [0.15, 0.2) is 24.3 Å². The van der Waals surface area contributed by atoms with Crippen molar-refractivity contribution in [1.82, 2.24) is 5.32 Å². The predicted octanol–water partition coefficient (Wildman–Crippen LogP) is 2.24. The third-order valence-corrected chi connectivity index (χ3v) is 3.19. The first-order valence-electron chi connectivity index (χ1n) is 5.20. The summed E-state index contributed by atoms with van der Waals surface area (Å²) in [7, 11) is 1.62. The lowest BCUT2D eigenvalue weighted by molar-refractivity contribution is 0.219. The van der Waals surface area contributed by atoms with Crippen molar-refractivity contribution in [2.45, 2.75) is 25.1 Å². The largest absolute Gasteiger partial charge is 0.497 e. The Morgan fingerprint density at radius 1 is 1.53 bits per heavy atom. The number of hydrogen-bond donors (Lipinski definition) is 1. The van der Waals surface area contributed by atoms with E-state index in [0.29, 0.717) is 6.42 Å². The standard InChI is InChI=1S/C12H16FNO/c1-12(11(13)6-7-14-12)9-4-3-5-10(8-9)15-2/h3-5,8,11,14H,6-7H2,1-2H3. The molecule has 82 valence electrons. The van der Waals surface area contributed by atoms with Crippen LogP contribution in [0.3, 0.4) is 0 Å². The van der Waals surface area contributed by atoms with Crippen LogP contribution < -0.4 is 10.1 Å². The fourth-order valence-corrected chi connectivity index (χ4v) is 2.09. The second kappa shape index (κ2) is 3.81. The van der Waals surface area contributed by atoms with Crippen LogP contribution in [0, 0.1) is 0 Å². The van der Waals surface area contributed by atoms with Crippen molar-refractivity contribution in [3.05, 3.63) is 29.8 Å². The van der Waals surface area contributed by atoms with E-state index in [1.807, 2.05) is 31.2 Å². The Bertz CT molecular complexity index is 355. The van der Waals surface area contributed by atoms with Gasteiger partial charge in [0.2, 0.25) is 0 Å². The van der Waals surface area contributed by atoms with Gasteiger partial charge in [-0.05, 0) is 37.6 Å². The summed E-state index contributed by atoms with van der Waals surface area (Å²) >= 11 is 0. The summed E-state index contributed by atoms with van der Waals surface area (Å²) in [6, 6.07) is 7.60. The highest BCUT2D eigenvalue weighted by atomic mass is 19.1. The van der Waals surface area contributed by atoms with Gasteiger partial charge in [0.15, 0.2) is 0 Å². The van der Waals surface area contributed by atoms with Gasteiger partial charge in [0, 0.05) is 0 Å². The molecule has 0 amide bonds. The summed E-state index contributed by atoms with van der Waals surface area (Å²) in [5.41, 5.74) is 0.390. The lowest BCUT2D eigenvalue weighted by Crippen LogP contribution is -2.39. The van der Waals surface area contributed by atoms with Crippen molar-refractivity contribution < 1.29 is 9.13 Å². The quantitative estimate of drug-likeness (QED) is 0.806. The average molecular weight is 209 g/mol. The van der Waals surface area contributed by atoms with Crippen molar-refractivity contribution >= 4 is 0 Å². The predicted molar refractivity (Wildman–Crippen MR) is 57.9 cm³/mol. The molecule has 1 saturated heterocycles. The summed E-state index contributed by atoms with van der Waals surface area (Å²) in [5, 5.41) is 3.22. The van der Waals surface area contributed by atoms with E-state index in [0.717, 1.165) is 17.9 Å². The van der Waals surface area contributed by atoms with Gasteiger partial charge in [-0.3, -0.25) is 0 Å². The minimum Gasteiger partial charge on any atom is -0.497 e. The molecule has 1 aliphatic rings. The van der Waals surface area contributed by atoms with Crippen molar-refractivity contribution in [2.75, 3.05) is 13.7 Å². The summed E-state index contributed by atoms with van der Waals surface area (Å²) in [4.78, 5) is 0. The summed E-state index contributed by atoms with van der Waals surface area (Å²) in [6.45, 7) is 2.63. The van der Waals surface area contributed by atoms with E-state index in [-0.39, 0.29) is 0 Å². The van der Waals surface area contributed by atoms with Crippen LogP contribution in [0.1, 0.15) is 18.9 Å². The Morgan fingerprint density at radius 2 is 2.33 bits per heavy atom. The lowest BCUT2D eigenvalue weighted by atomic mass is 9.89. The molecular weight excluding hydrogens is 193 g/mol. The summed E-state index contributed by atoms with van der Waals surface area (Å²) in [5.74, 6) is 0.773. The number of benzene rings is 1. The molecule has 2 nitrogen and oxygen atoms in total. The van der Waals surface area contributed by atoms with Gasteiger partial charge in [0.05, 0.1) is 12.6 Å². The molecule has 1 aliphatic heterocycles. The maximum atomic E-state index is 13.8. The van der Waals surface area contributed by atoms with E-state index in [1.165, 1.54) is 0 Å². The molecule has 2 atom stereocenters. The molecule has 1 aromatic rings. The number of halogens is 1. The number of ether oxygens (including phenoxy) is 1. The van der Waals surface area contributed by atoms with Gasteiger partial charge in [0.25, 0.3) is 0 Å². The van der Waals surface area contributed by atoms with Gasteiger partial charge in [-0.2, -0.15) is 0 Å². The van der Waals surface area contributed by atoms with E-state index in [9.17, 15) is 4.39 Å². The minimum atomic E-state index is -0.829. The molecule has 1 N–H and O–H groups in total. The SMILES string of the molecule is COc1cccc(C2(C)NCCC2F)c1. The van der Waals surface area contributed by atoms with Crippen LogP contribution in [0.5, 0.6) is 5.75 Å². The first-order valence-corrected chi connectivity index (χ1v) is 5.20. The van der Waals surface area contributed by atoms with Crippen LogP contribution in [0.2, 0.25) is 0 Å². The fraction of sp³-hybridized carbons (Fsp3) is 0.500. The summed E-state index contributed by atoms with van der Waals surface area (Å²) < 4.78 is 18.9. The molecule has 1 aromatic carbocycles. The molecule has 3 heteroatoms. The molecule has 0 aliphatic carbocycles. The van der Waals surface area contributed by atoms with Crippen LogP contribution in [0.4, 0.5) is 4.39 Å². The summed E-state index contributed by atoms with van der Waals surface area (Å²) in [6.07, 6.45) is -0.252. The highest BCUT2D eigenvalue weighted by Crippen LogP contribution is 2.34. The molecular formula is C12H16FNO. The average Bonchev–Trinajstić information content (AvgIpc) is 2.61. The van der Waals surface area contributed by atoms with Crippen molar-refractivity contribution in [3.63, 3.8) is 0 Å². The third kappa shape index (κ3) is 1.72. The van der Waals surface area contributed by atoms with Crippen LogP contribution in [-0.4, -0.2) is 19.8 Å². The third-order valence-electron chi connectivity index (χ3n) is 3.19. The number of rotatable bonds is 2. The molecule has 1 heterocycles. The zero-order valence-corrected chi connectivity index (χ0v) is 9.09. The number of nitrogens with one attached hydrogen (secondary N) is 1. The second-order valence-electron chi connectivity index (χ2n) is 4.12. The van der Waals surface area contributed by atoms with Gasteiger partial charge in [-0.15, -0.1) is 0 Å². The van der Waals surface area contributed by atoms with Crippen LogP contribution >= 0.6 is 0 Å². The minimum absolute atomic E-state index is 0.561. The first kappa shape index (κ1) is 10.4. The van der Waals surface area contributed by atoms with Crippen molar-refractivity contribution in [1.29, 1.82) is 0 Å². The maximum Gasteiger partial charge on any atom is 0.123 e. The lowest BCUT2D eigenvalue weighted by Gasteiger charge is -2.27. The topological polar surface area (TPSA) is 21.3 Å². The second-order valence-corrected chi connectivity index (χ2v) is 4.12. The van der Waals surface area contributed by atoms with Crippen molar-refractivity contribution in [2.24, 2.45) is 0 Å². The Morgan fingerprint density at radius 3 is 2.93 bits per heavy atom. The Labute approximate surface area is 89.4 Å². The molecule has 15 heavy (non-hydrogen) atoms. The first-order chi connectivity index (χ1) is 7.16. The van der Waals surface area contributed by atoms with E-state index < -0.39 is 11.7 Å². The number of methoxy groups -OCH3 is 1. The van der Waals surface area contributed by atoms with Gasteiger partial charge < -0.3 is 10.1 Å². The zero-order valence-electron chi connectivity index (χ0n) is 9.09. The zero-order chi connectivity index (χ0) is 10.9. The normalized spacial score (nSPS) is 30.5. The molecule has 0 saturated carbocycles. The molecule has 0 bridgehead atoms. The fourth-order valence-electron chi connectivity index (χ4n) is 2.09. The van der Waals surface area contributed by atoms with Gasteiger partial charge in [-0.1, -0.05) is 12.1 Å². The highest BCUT2D eigenvalue weighted by Gasteiger charge is 2.40. The van der Waals surface area contributed by atoms with E-state index in [2.05, 4.69) is 5.32 Å². The number of hydrogen-bond acceptors (Lipinski definition) is 2. The smallest absolute Gasteiger partial charge is 0.123 e. The van der Waals surface area contributed by atoms with E-state index in [1.54, 1.807) is 7.11 Å². The van der Waals surface area contributed by atoms with E-state index >= 15 is 0 Å². The molecule has 0 spiro atoms. The van der Waals surface area contributed by atoms with Gasteiger partial charge in [0.1, 0.15) is 11.9 Å². The monoisotopic (exact) mass is 209 g/mol. The van der Waals surface area contributed by atoms with E-state index in [4.69, 9.17) is 4.74 Å². The Hall–Kier alpha value is -1.09. The number of alkyl halides is 1. The van der Waals surface area contributed by atoms with Crippen LogP contribution in [-0.2, 0) is 5.54 Å². The molecule has 0 radical (unpaired) electrons. The Kier molecular flexibility index (Phi) is 2.65. The van der Waals surface area contributed by atoms with Gasteiger partial charge in [-0.25, -0.2) is 4.39 Å². The Balaban J connectivity index is 2.35. The molecule has 1 fully saturated rings. The molecule has 2 rings (SSSR count). The maximum absolute atomic E-state index is 13.8. The molecule has 2 unspecified atom stereocenters. The molecule has 0 aromatic heterocycles. The van der Waals surface area contributed by atoms with Gasteiger partial charge >= 0.3 is 0 Å².